The predicted molar refractivity (Wildman–Crippen MR) is 84.0 cm³/mol. The molecule has 3 heterocycles. The SMILES string of the molecule is Cc1nscc1C(=O)N1CCC(C(=O)Nc2nncs2)CC1. The smallest absolute Gasteiger partial charge is 0.256 e. The minimum atomic E-state index is -0.0883. The van der Waals surface area contributed by atoms with E-state index in [9.17, 15) is 9.59 Å². The summed E-state index contributed by atoms with van der Waals surface area (Å²) in [6, 6.07) is 0. The number of nitrogens with zero attached hydrogens (tertiary/aromatic N) is 4. The fourth-order valence-electron chi connectivity index (χ4n) is 2.45. The van der Waals surface area contributed by atoms with Gasteiger partial charge in [0.15, 0.2) is 0 Å². The van der Waals surface area contributed by atoms with Crippen LogP contribution < -0.4 is 5.32 Å². The van der Waals surface area contributed by atoms with Crippen LogP contribution in [0.1, 0.15) is 28.9 Å². The number of likely N-dealkylation sites (tertiary alicyclic amines) is 1. The van der Waals surface area contributed by atoms with E-state index in [-0.39, 0.29) is 17.7 Å². The molecule has 3 rings (SSSR count). The Labute approximate surface area is 135 Å². The van der Waals surface area contributed by atoms with Crippen LogP contribution in [0.15, 0.2) is 10.9 Å². The Balaban J connectivity index is 1.55. The largest absolute Gasteiger partial charge is 0.339 e. The van der Waals surface area contributed by atoms with Gasteiger partial charge in [-0.15, -0.1) is 10.2 Å². The average molecular weight is 337 g/mol. The third-order valence-electron chi connectivity index (χ3n) is 3.72. The first-order valence-corrected chi connectivity index (χ1v) is 8.64. The lowest BCUT2D eigenvalue weighted by Crippen LogP contribution is -2.41. The molecule has 2 amide bonds. The van der Waals surface area contributed by atoms with Gasteiger partial charge < -0.3 is 10.2 Å². The van der Waals surface area contributed by atoms with Crippen LogP contribution in [0.2, 0.25) is 0 Å². The first-order chi connectivity index (χ1) is 10.6. The van der Waals surface area contributed by atoms with E-state index in [0.29, 0.717) is 36.6 Å². The third kappa shape index (κ3) is 3.14. The van der Waals surface area contributed by atoms with Crippen molar-refractivity contribution in [3.8, 4) is 0 Å². The fourth-order valence-corrected chi connectivity index (χ4v) is 3.58. The molecule has 1 fully saturated rings. The summed E-state index contributed by atoms with van der Waals surface area (Å²) < 4.78 is 4.14. The Morgan fingerprint density at radius 1 is 1.36 bits per heavy atom. The highest BCUT2D eigenvalue weighted by atomic mass is 32.1. The first kappa shape index (κ1) is 15.0. The van der Waals surface area contributed by atoms with E-state index in [1.807, 2.05) is 6.92 Å². The van der Waals surface area contributed by atoms with E-state index in [4.69, 9.17) is 0 Å². The second-order valence-electron chi connectivity index (χ2n) is 5.11. The highest BCUT2D eigenvalue weighted by Crippen LogP contribution is 2.22. The van der Waals surface area contributed by atoms with Crippen LogP contribution in [0.4, 0.5) is 5.13 Å². The number of aryl methyl sites for hydroxylation is 1. The monoisotopic (exact) mass is 337 g/mol. The lowest BCUT2D eigenvalue weighted by Gasteiger charge is -2.31. The highest BCUT2D eigenvalue weighted by molar-refractivity contribution is 7.13. The molecule has 0 aliphatic carbocycles. The Hall–Kier alpha value is -1.87. The maximum atomic E-state index is 12.4. The Morgan fingerprint density at radius 2 is 2.14 bits per heavy atom. The quantitative estimate of drug-likeness (QED) is 0.922. The van der Waals surface area contributed by atoms with Crippen molar-refractivity contribution in [2.24, 2.45) is 5.92 Å². The summed E-state index contributed by atoms with van der Waals surface area (Å²) in [7, 11) is 0. The normalized spacial score (nSPS) is 15.8. The minimum absolute atomic E-state index is 0.00855. The molecule has 0 atom stereocenters. The van der Waals surface area contributed by atoms with Gasteiger partial charge in [0.2, 0.25) is 11.0 Å². The average Bonchev–Trinajstić information content (AvgIpc) is 3.18. The molecule has 0 unspecified atom stereocenters. The third-order valence-corrected chi connectivity index (χ3v) is 5.05. The number of carbonyl (C=O) groups excluding carboxylic acids is 2. The summed E-state index contributed by atoms with van der Waals surface area (Å²) in [5.74, 6) is -0.124. The second-order valence-corrected chi connectivity index (χ2v) is 6.58. The van der Waals surface area contributed by atoms with Gasteiger partial charge in [-0.2, -0.15) is 4.37 Å². The van der Waals surface area contributed by atoms with Gasteiger partial charge in [-0.25, -0.2) is 0 Å². The fraction of sp³-hybridized carbons (Fsp3) is 0.462. The summed E-state index contributed by atoms with van der Waals surface area (Å²) in [6.07, 6.45) is 1.32. The van der Waals surface area contributed by atoms with Crippen LogP contribution in [0, 0.1) is 12.8 Å². The standard InChI is InChI=1S/C13H15N5O2S2/c1-8-10(6-22-17-8)12(20)18-4-2-9(3-5-18)11(19)15-13-16-14-7-21-13/h6-7,9H,2-5H2,1H3,(H,15,16,19). The summed E-state index contributed by atoms with van der Waals surface area (Å²) >= 11 is 2.59. The van der Waals surface area contributed by atoms with Crippen molar-refractivity contribution in [3.05, 3.63) is 22.1 Å². The first-order valence-electron chi connectivity index (χ1n) is 6.92. The van der Waals surface area contributed by atoms with E-state index in [2.05, 4.69) is 19.9 Å². The van der Waals surface area contributed by atoms with Gasteiger partial charge >= 0.3 is 0 Å². The molecule has 0 radical (unpaired) electrons. The summed E-state index contributed by atoms with van der Waals surface area (Å²) in [5.41, 5.74) is 3.02. The molecule has 0 spiro atoms. The van der Waals surface area contributed by atoms with Gasteiger partial charge in [0.1, 0.15) is 5.51 Å². The molecule has 9 heteroatoms. The van der Waals surface area contributed by atoms with Gasteiger partial charge in [0.25, 0.3) is 5.91 Å². The summed E-state index contributed by atoms with van der Waals surface area (Å²) in [5, 5.41) is 12.6. The van der Waals surface area contributed by atoms with Gasteiger partial charge in [-0.05, 0) is 31.3 Å². The molecular weight excluding hydrogens is 322 g/mol. The Kier molecular flexibility index (Phi) is 4.44. The lowest BCUT2D eigenvalue weighted by molar-refractivity contribution is -0.121. The molecule has 1 aliphatic heterocycles. The number of carbonyl (C=O) groups is 2. The van der Waals surface area contributed by atoms with Gasteiger partial charge in [0, 0.05) is 24.4 Å². The number of rotatable bonds is 3. The molecule has 7 nitrogen and oxygen atoms in total. The summed E-state index contributed by atoms with van der Waals surface area (Å²) in [6.45, 7) is 3.01. The molecule has 2 aromatic heterocycles. The van der Waals surface area contributed by atoms with Crippen LogP contribution in [0.5, 0.6) is 0 Å². The lowest BCUT2D eigenvalue weighted by atomic mass is 9.95. The van der Waals surface area contributed by atoms with Crippen molar-refractivity contribution >= 4 is 39.8 Å². The molecule has 0 bridgehead atoms. The van der Waals surface area contributed by atoms with Gasteiger partial charge in [-0.1, -0.05) is 11.3 Å². The van der Waals surface area contributed by atoms with E-state index >= 15 is 0 Å². The number of hydrogen-bond acceptors (Lipinski definition) is 7. The summed E-state index contributed by atoms with van der Waals surface area (Å²) in [4.78, 5) is 26.3. The topological polar surface area (TPSA) is 88.1 Å². The minimum Gasteiger partial charge on any atom is -0.339 e. The van der Waals surface area contributed by atoms with Crippen molar-refractivity contribution in [1.82, 2.24) is 19.5 Å². The van der Waals surface area contributed by atoms with Gasteiger partial charge in [0.05, 0.1) is 11.3 Å². The Morgan fingerprint density at radius 3 is 2.73 bits per heavy atom. The maximum absolute atomic E-state index is 12.4. The molecular formula is C13H15N5O2S2. The molecule has 0 aromatic carbocycles. The maximum Gasteiger partial charge on any atom is 0.256 e. The van der Waals surface area contributed by atoms with Crippen molar-refractivity contribution in [2.75, 3.05) is 18.4 Å². The second kappa shape index (κ2) is 6.49. The number of amides is 2. The zero-order valence-electron chi connectivity index (χ0n) is 12.0. The number of aromatic nitrogens is 3. The molecule has 2 aromatic rings. The van der Waals surface area contributed by atoms with Crippen LogP contribution in [0.25, 0.3) is 0 Å². The Bertz CT molecular complexity index is 662. The molecule has 22 heavy (non-hydrogen) atoms. The van der Waals surface area contributed by atoms with Crippen LogP contribution in [-0.4, -0.2) is 44.4 Å². The number of nitrogens with one attached hydrogen (secondary N) is 1. The highest BCUT2D eigenvalue weighted by Gasteiger charge is 2.29. The van der Waals surface area contributed by atoms with Crippen LogP contribution in [-0.2, 0) is 4.79 Å². The number of hydrogen-bond donors (Lipinski definition) is 1. The zero-order chi connectivity index (χ0) is 15.5. The molecule has 0 saturated carbocycles. The van der Waals surface area contributed by atoms with Crippen LogP contribution in [0.3, 0.4) is 0 Å². The van der Waals surface area contributed by atoms with E-state index in [0.717, 1.165) is 5.69 Å². The van der Waals surface area contributed by atoms with Crippen molar-refractivity contribution in [3.63, 3.8) is 0 Å². The molecule has 116 valence electrons. The molecule has 1 N–H and O–H groups in total. The molecule has 1 saturated heterocycles. The van der Waals surface area contributed by atoms with Crippen molar-refractivity contribution in [1.29, 1.82) is 0 Å². The van der Waals surface area contributed by atoms with Crippen LogP contribution >= 0.6 is 22.9 Å². The molecule has 1 aliphatic rings. The van der Waals surface area contributed by atoms with Crippen molar-refractivity contribution in [2.45, 2.75) is 19.8 Å². The zero-order valence-corrected chi connectivity index (χ0v) is 13.6. The van der Waals surface area contributed by atoms with E-state index in [1.54, 1.807) is 15.8 Å². The van der Waals surface area contributed by atoms with Gasteiger partial charge in [-0.3, -0.25) is 9.59 Å². The van der Waals surface area contributed by atoms with Crippen molar-refractivity contribution < 1.29 is 9.59 Å². The number of piperidine rings is 1. The van der Waals surface area contributed by atoms with E-state index < -0.39 is 0 Å². The predicted octanol–water partition coefficient (Wildman–Crippen LogP) is 1.79. The number of anilines is 1. The van der Waals surface area contributed by atoms with E-state index in [1.165, 1.54) is 22.9 Å².